The number of primary amides is 1. The summed E-state index contributed by atoms with van der Waals surface area (Å²) in [5.41, 5.74) is 5.52. The first-order valence-electron chi connectivity index (χ1n) is 6.62. The van der Waals surface area contributed by atoms with Crippen molar-refractivity contribution in [1.29, 1.82) is 0 Å². The Kier molecular flexibility index (Phi) is 5.96. The van der Waals surface area contributed by atoms with Crippen molar-refractivity contribution in [3.8, 4) is 16.9 Å². The topological polar surface area (TPSA) is 52.3 Å². The van der Waals surface area contributed by atoms with Crippen LogP contribution in [0.15, 0.2) is 30.3 Å². The average molecular weight is 377 g/mol. The Morgan fingerprint density at radius 1 is 1.25 bits per heavy atom. The number of nitrogens with two attached hydrogens (primary N) is 1. The van der Waals surface area contributed by atoms with Gasteiger partial charge in [0, 0.05) is 16.1 Å². The van der Waals surface area contributed by atoms with Crippen molar-refractivity contribution in [2.45, 2.75) is 6.43 Å². The van der Waals surface area contributed by atoms with Gasteiger partial charge >= 0.3 is 0 Å². The molecule has 127 valence electrons. The van der Waals surface area contributed by atoms with E-state index in [1.165, 1.54) is 24.3 Å². The Balaban J connectivity index is 2.47. The number of ether oxygens (including phenoxy) is 1. The number of carbonyl (C=O) groups is 1. The van der Waals surface area contributed by atoms with Crippen molar-refractivity contribution in [2.24, 2.45) is 5.73 Å². The summed E-state index contributed by atoms with van der Waals surface area (Å²) < 4.78 is 43.9. The number of amides is 1. The van der Waals surface area contributed by atoms with Crippen LogP contribution in [0, 0.1) is 12.2 Å². The second-order valence-corrected chi connectivity index (χ2v) is 5.59. The Morgan fingerprint density at radius 2 is 1.96 bits per heavy atom. The van der Waals surface area contributed by atoms with Gasteiger partial charge in [0.1, 0.15) is 18.2 Å². The molecule has 0 fully saturated rings. The summed E-state index contributed by atoms with van der Waals surface area (Å²) in [7, 11) is 0. The summed E-state index contributed by atoms with van der Waals surface area (Å²) in [5.74, 6) is -1.55. The van der Waals surface area contributed by atoms with Gasteiger partial charge in [-0.15, -0.1) is 0 Å². The highest BCUT2D eigenvalue weighted by Crippen LogP contribution is 2.39. The standard InChI is InChI=1S/C16H11Cl2F3NO2/c17-10-5-11(16(12(18)6-10)24-7-14(20)21)8-1-2-9(4-15(22)23)13(19)3-8/h1-6,14H,7H2,(H2,22,23). The van der Waals surface area contributed by atoms with Crippen LogP contribution >= 0.6 is 23.2 Å². The predicted molar refractivity (Wildman–Crippen MR) is 86.0 cm³/mol. The molecule has 0 bridgehead atoms. The maximum Gasteiger partial charge on any atom is 0.272 e. The van der Waals surface area contributed by atoms with Gasteiger partial charge in [-0.2, -0.15) is 0 Å². The monoisotopic (exact) mass is 376 g/mol. The molecule has 0 saturated carbocycles. The van der Waals surface area contributed by atoms with Gasteiger partial charge in [0.05, 0.1) is 11.4 Å². The molecule has 3 nitrogen and oxygen atoms in total. The van der Waals surface area contributed by atoms with E-state index in [9.17, 15) is 18.0 Å². The molecule has 0 aliphatic carbocycles. The molecule has 24 heavy (non-hydrogen) atoms. The molecule has 2 rings (SSSR count). The van der Waals surface area contributed by atoms with E-state index in [0.29, 0.717) is 5.56 Å². The van der Waals surface area contributed by atoms with Gasteiger partial charge in [-0.25, -0.2) is 13.2 Å². The number of hydrogen-bond donors (Lipinski definition) is 1. The minimum Gasteiger partial charge on any atom is -0.485 e. The quantitative estimate of drug-likeness (QED) is 0.807. The van der Waals surface area contributed by atoms with Gasteiger partial charge in [-0.05, 0) is 23.8 Å². The molecule has 0 heterocycles. The van der Waals surface area contributed by atoms with Crippen molar-refractivity contribution in [3.63, 3.8) is 0 Å². The maximum atomic E-state index is 14.1. The highest BCUT2D eigenvalue weighted by Gasteiger charge is 2.16. The van der Waals surface area contributed by atoms with Crippen LogP contribution in [0.4, 0.5) is 13.2 Å². The molecule has 2 aromatic rings. The molecule has 0 unspecified atom stereocenters. The predicted octanol–water partition coefficient (Wildman–Crippen LogP) is 4.48. The number of hydrogen-bond acceptors (Lipinski definition) is 2. The van der Waals surface area contributed by atoms with Gasteiger partial charge in [0.2, 0.25) is 5.91 Å². The number of benzene rings is 2. The Bertz CT molecular complexity index is 769. The highest BCUT2D eigenvalue weighted by atomic mass is 35.5. The van der Waals surface area contributed by atoms with Crippen LogP contribution < -0.4 is 10.5 Å². The molecule has 0 atom stereocenters. The molecule has 1 radical (unpaired) electrons. The van der Waals surface area contributed by atoms with Crippen LogP contribution in [0.3, 0.4) is 0 Å². The fourth-order valence-electron chi connectivity index (χ4n) is 2.03. The zero-order valence-corrected chi connectivity index (χ0v) is 13.5. The van der Waals surface area contributed by atoms with E-state index in [4.69, 9.17) is 33.7 Å². The third-order valence-electron chi connectivity index (χ3n) is 2.97. The third kappa shape index (κ3) is 4.55. The van der Waals surface area contributed by atoms with Gasteiger partial charge in [-0.1, -0.05) is 35.3 Å². The number of halogens is 5. The minimum atomic E-state index is -2.70. The highest BCUT2D eigenvalue weighted by molar-refractivity contribution is 6.36. The molecule has 0 saturated heterocycles. The lowest BCUT2D eigenvalue weighted by molar-refractivity contribution is -0.114. The van der Waals surface area contributed by atoms with E-state index in [-0.39, 0.29) is 26.9 Å². The molecular formula is C16H11Cl2F3NO2. The summed E-state index contributed by atoms with van der Waals surface area (Å²) in [4.78, 5) is 10.8. The Hall–Kier alpha value is -1.92. The van der Waals surface area contributed by atoms with Crippen LogP contribution in [0.2, 0.25) is 10.0 Å². The smallest absolute Gasteiger partial charge is 0.272 e. The summed E-state index contributed by atoms with van der Waals surface area (Å²) in [6.45, 7) is -0.871. The van der Waals surface area contributed by atoms with Gasteiger partial charge < -0.3 is 10.5 Å². The lowest BCUT2D eigenvalue weighted by Gasteiger charge is -2.14. The van der Waals surface area contributed by atoms with Gasteiger partial charge in [0.25, 0.3) is 6.43 Å². The van der Waals surface area contributed by atoms with E-state index in [1.807, 2.05) is 0 Å². The van der Waals surface area contributed by atoms with Gasteiger partial charge in [-0.3, -0.25) is 4.79 Å². The van der Waals surface area contributed by atoms with Crippen molar-refractivity contribution in [3.05, 3.63) is 58.2 Å². The number of rotatable bonds is 6. The first-order chi connectivity index (χ1) is 11.3. The largest absolute Gasteiger partial charge is 0.485 e. The molecule has 1 amide bonds. The van der Waals surface area contributed by atoms with E-state index in [0.717, 1.165) is 12.5 Å². The second-order valence-electron chi connectivity index (χ2n) is 4.75. The molecule has 8 heteroatoms. The van der Waals surface area contributed by atoms with E-state index < -0.39 is 24.8 Å². The van der Waals surface area contributed by atoms with Crippen LogP contribution in [0.1, 0.15) is 5.56 Å². The molecule has 2 aromatic carbocycles. The molecule has 0 aliphatic heterocycles. The van der Waals surface area contributed by atoms with Gasteiger partial charge in [0.15, 0.2) is 0 Å². The second kappa shape index (κ2) is 7.77. The molecule has 0 spiro atoms. The van der Waals surface area contributed by atoms with Crippen molar-refractivity contribution >= 4 is 29.1 Å². The minimum absolute atomic E-state index is 0.00516. The molecule has 0 aliphatic rings. The average Bonchev–Trinajstić information content (AvgIpc) is 2.47. The molecule has 2 N–H and O–H groups in total. The normalized spacial score (nSPS) is 10.9. The van der Waals surface area contributed by atoms with Crippen LogP contribution in [-0.2, 0) is 4.79 Å². The summed E-state index contributed by atoms with van der Waals surface area (Å²) >= 11 is 11.9. The van der Waals surface area contributed by atoms with E-state index in [1.54, 1.807) is 0 Å². The van der Waals surface area contributed by atoms with Crippen molar-refractivity contribution in [1.82, 2.24) is 0 Å². The fraction of sp³-hybridized carbons (Fsp3) is 0.125. The fourth-order valence-corrected chi connectivity index (χ4v) is 2.58. The van der Waals surface area contributed by atoms with Crippen LogP contribution in [-0.4, -0.2) is 18.9 Å². The first-order valence-corrected chi connectivity index (χ1v) is 7.37. The number of carbonyl (C=O) groups excluding carboxylic acids is 1. The van der Waals surface area contributed by atoms with E-state index in [2.05, 4.69) is 0 Å². The SMILES string of the molecule is NC(=O)[CH]c1ccc(-c2cc(Cl)cc(Cl)c2OCC(F)F)cc1F. The molecular weight excluding hydrogens is 366 g/mol. The lowest BCUT2D eigenvalue weighted by atomic mass is 10.0. The molecule has 0 aromatic heterocycles. The lowest BCUT2D eigenvalue weighted by Crippen LogP contribution is -2.12. The zero-order valence-electron chi connectivity index (χ0n) is 12.0. The Morgan fingerprint density at radius 3 is 2.54 bits per heavy atom. The summed E-state index contributed by atoms with van der Waals surface area (Å²) in [5, 5.41) is 0.249. The summed E-state index contributed by atoms with van der Waals surface area (Å²) in [6, 6.07) is 6.64. The number of alkyl halides is 2. The Labute approximate surface area is 146 Å². The van der Waals surface area contributed by atoms with Crippen LogP contribution in [0.25, 0.3) is 11.1 Å². The van der Waals surface area contributed by atoms with Crippen molar-refractivity contribution < 1.29 is 22.7 Å². The van der Waals surface area contributed by atoms with Crippen molar-refractivity contribution in [2.75, 3.05) is 6.61 Å². The van der Waals surface area contributed by atoms with E-state index >= 15 is 0 Å². The third-order valence-corrected chi connectivity index (χ3v) is 3.47. The van der Waals surface area contributed by atoms with Crippen LogP contribution in [0.5, 0.6) is 5.75 Å². The summed E-state index contributed by atoms with van der Waals surface area (Å²) in [6.07, 6.45) is -1.77. The maximum absolute atomic E-state index is 14.1. The zero-order chi connectivity index (χ0) is 17.9. The first kappa shape index (κ1) is 18.4.